The highest BCUT2D eigenvalue weighted by Gasteiger charge is 2.46. The van der Waals surface area contributed by atoms with Crippen LogP contribution >= 0.6 is 11.3 Å². The second-order valence-corrected chi connectivity index (χ2v) is 10.6. The molecule has 0 spiro atoms. The highest BCUT2D eigenvalue weighted by molar-refractivity contribution is 7.14. The summed E-state index contributed by atoms with van der Waals surface area (Å²) in [4.78, 5) is 36.4. The molecule has 0 bridgehead atoms. The van der Waals surface area contributed by atoms with Gasteiger partial charge in [-0.3, -0.25) is 9.59 Å². The zero-order chi connectivity index (χ0) is 28.4. The molecular weight excluding hydrogens is 547 g/mol. The smallest absolute Gasteiger partial charge is 0.276 e. The van der Waals surface area contributed by atoms with Gasteiger partial charge in [0.1, 0.15) is 17.3 Å². The number of hydrogen-bond acceptors (Lipinski definition) is 8. The molecule has 1 fully saturated rings. The van der Waals surface area contributed by atoms with E-state index in [0.29, 0.717) is 16.5 Å². The first kappa shape index (κ1) is 27.8. The van der Waals surface area contributed by atoms with E-state index in [1.807, 2.05) is 32.0 Å². The number of halogens is 3. The first-order valence-corrected chi connectivity index (χ1v) is 13.7. The third kappa shape index (κ3) is 5.89. The summed E-state index contributed by atoms with van der Waals surface area (Å²) in [5, 5.41) is 7.13. The molecule has 40 heavy (non-hydrogen) atoms. The zero-order valence-electron chi connectivity index (χ0n) is 21.8. The fourth-order valence-corrected chi connectivity index (χ4v) is 5.50. The molecule has 1 aromatic carbocycles. The molecule has 13 heteroatoms. The number of carbonyl (C=O) groups excluding carboxylic acids is 2. The molecule has 0 radical (unpaired) electrons. The van der Waals surface area contributed by atoms with Gasteiger partial charge in [-0.05, 0) is 44.2 Å². The summed E-state index contributed by atoms with van der Waals surface area (Å²) in [6.45, 7) is 4.90. The van der Waals surface area contributed by atoms with Crippen molar-refractivity contribution in [3.8, 4) is 17.1 Å². The lowest BCUT2D eigenvalue weighted by molar-refractivity contribution is -0.115. The lowest BCUT2D eigenvalue weighted by atomic mass is 9.89. The van der Waals surface area contributed by atoms with Gasteiger partial charge in [0.25, 0.3) is 12.3 Å². The second kappa shape index (κ2) is 11.4. The summed E-state index contributed by atoms with van der Waals surface area (Å²) in [5.41, 5.74) is -2.11. The van der Waals surface area contributed by atoms with Crippen LogP contribution in [-0.4, -0.2) is 66.7 Å². The van der Waals surface area contributed by atoms with Crippen LogP contribution in [0.15, 0.2) is 41.8 Å². The number of thiazole rings is 1. The van der Waals surface area contributed by atoms with Crippen LogP contribution in [0.5, 0.6) is 5.75 Å². The maximum absolute atomic E-state index is 14.9. The first-order chi connectivity index (χ1) is 19.1. The summed E-state index contributed by atoms with van der Waals surface area (Å²) >= 11 is 1.21. The molecule has 3 aromatic rings. The molecule has 0 saturated carbocycles. The number of pyridine rings is 1. The fraction of sp³-hybridized carbons (Fsp3) is 0.407. The molecule has 2 amide bonds. The van der Waals surface area contributed by atoms with E-state index in [0.717, 1.165) is 25.0 Å². The lowest BCUT2D eigenvalue weighted by Gasteiger charge is -2.36. The van der Waals surface area contributed by atoms with E-state index in [4.69, 9.17) is 14.5 Å². The van der Waals surface area contributed by atoms with Crippen LogP contribution in [0.1, 0.15) is 36.2 Å². The Kier molecular flexibility index (Phi) is 7.95. The molecule has 2 aromatic heterocycles. The van der Waals surface area contributed by atoms with E-state index in [2.05, 4.69) is 20.5 Å². The monoisotopic (exact) mass is 575 g/mol. The summed E-state index contributed by atoms with van der Waals surface area (Å²) in [6.07, 6.45) is -3.61. The van der Waals surface area contributed by atoms with Crippen LogP contribution in [-0.2, 0) is 15.2 Å². The Morgan fingerprint density at radius 1 is 1.15 bits per heavy atom. The van der Waals surface area contributed by atoms with E-state index in [1.165, 1.54) is 23.5 Å². The Morgan fingerprint density at radius 3 is 2.67 bits per heavy atom. The third-order valence-electron chi connectivity index (χ3n) is 6.66. The number of morpholine rings is 1. The van der Waals surface area contributed by atoms with Gasteiger partial charge in [-0.2, -0.15) is 0 Å². The van der Waals surface area contributed by atoms with Gasteiger partial charge >= 0.3 is 0 Å². The predicted molar refractivity (Wildman–Crippen MR) is 144 cm³/mol. The van der Waals surface area contributed by atoms with Gasteiger partial charge in [-0.1, -0.05) is 6.07 Å². The number of hydrogen-bond donors (Lipinski definition) is 2. The Bertz CT molecular complexity index is 1400. The van der Waals surface area contributed by atoms with Crippen LogP contribution in [0.2, 0.25) is 0 Å². The molecule has 0 aliphatic carbocycles. The van der Waals surface area contributed by atoms with Gasteiger partial charge < -0.3 is 25.0 Å². The van der Waals surface area contributed by atoms with Crippen molar-refractivity contribution in [3.63, 3.8) is 0 Å². The molecular formula is C27H28F3N5O4S. The average molecular weight is 576 g/mol. The van der Waals surface area contributed by atoms with Crippen molar-refractivity contribution in [2.45, 2.75) is 44.6 Å². The number of carbonyl (C=O) groups is 2. The van der Waals surface area contributed by atoms with Crippen molar-refractivity contribution in [3.05, 3.63) is 52.9 Å². The Balaban J connectivity index is 1.19. The van der Waals surface area contributed by atoms with Crippen LogP contribution in [0, 0.1) is 0 Å². The molecule has 3 atom stereocenters. The number of aromatic nitrogens is 2. The first-order valence-electron chi connectivity index (χ1n) is 12.8. The molecule has 2 N–H and O–H groups in total. The molecule has 5 rings (SSSR count). The maximum Gasteiger partial charge on any atom is 0.276 e. The largest absolute Gasteiger partial charge is 0.493 e. The zero-order valence-corrected chi connectivity index (χ0v) is 22.6. The molecule has 2 aliphatic rings. The summed E-state index contributed by atoms with van der Waals surface area (Å²) < 4.78 is 52.8. The van der Waals surface area contributed by atoms with Crippen LogP contribution in [0.25, 0.3) is 11.4 Å². The SMILES string of the molecule is C[C@@H]1CN(c2cccc(-c3csc(NC(=O)CNC(=O)c4ccc5c(c4)[C@](F)(C(F)F)CCO5)n3)n2)C[C@H](C)O1. The third-order valence-corrected chi connectivity index (χ3v) is 7.42. The molecule has 212 valence electrons. The van der Waals surface area contributed by atoms with Crippen molar-refractivity contribution >= 4 is 34.1 Å². The normalized spacial score (nSPS) is 22.4. The van der Waals surface area contributed by atoms with Gasteiger partial charge in [0.05, 0.1) is 31.1 Å². The van der Waals surface area contributed by atoms with Crippen LogP contribution in [0.4, 0.5) is 24.1 Å². The van der Waals surface area contributed by atoms with Gasteiger partial charge in [0.15, 0.2) is 5.13 Å². The molecule has 9 nitrogen and oxygen atoms in total. The molecule has 0 unspecified atom stereocenters. The maximum atomic E-state index is 14.9. The van der Waals surface area contributed by atoms with Crippen molar-refractivity contribution in [2.75, 3.05) is 36.5 Å². The summed E-state index contributed by atoms with van der Waals surface area (Å²) in [7, 11) is 0. The standard InChI is InChI=1S/C27H28F3N5O4S/c1-15-12-35(13-16(2)39-15)22-5-3-4-19(32-22)20-14-40-26(33-20)34-23(36)11-31-24(37)17-6-7-21-18(10-17)27(30,25(28)29)8-9-38-21/h3-7,10,14-16,25H,8-9,11-13H2,1-2H3,(H,31,37)(H,33,34,36)/t15-,16+,27-/m0/s1. The number of fused-ring (bicyclic) bond motifs is 1. The van der Waals surface area contributed by atoms with Crippen molar-refractivity contribution in [1.29, 1.82) is 0 Å². The van der Waals surface area contributed by atoms with Gasteiger partial charge in [0, 0.05) is 36.0 Å². The molecule has 1 saturated heterocycles. The van der Waals surface area contributed by atoms with Crippen LogP contribution in [0.3, 0.4) is 0 Å². The Morgan fingerprint density at radius 2 is 1.93 bits per heavy atom. The number of alkyl halides is 3. The predicted octanol–water partition coefficient (Wildman–Crippen LogP) is 4.40. The second-order valence-electron chi connectivity index (χ2n) is 9.78. The van der Waals surface area contributed by atoms with Gasteiger partial charge in [-0.15, -0.1) is 11.3 Å². The van der Waals surface area contributed by atoms with E-state index >= 15 is 0 Å². The van der Waals surface area contributed by atoms with E-state index < -0.39 is 36.9 Å². The lowest BCUT2D eigenvalue weighted by Crippen LogP contribution is -2.45. The van der Waals surface area contributed by atoms with Gasteiger partial charge in [-0.25, -0.2) is 23.1 Å². The molecule has 4 heterocycles. The summed E-state index contributed by atoms with van der Waals surface area (Å²) in [5.74, 6) is -0.473. The number of benzene rings is 1. The van der Waals surface area contributed by atoms with Crippen molar-refractivity contribution in [1.82, 2.24) is 15.3 Å². The van der Waals surface area contributed by atoms with E-state index in [-0.39, 0.29) is 35.7 Å². The topological polar surface area (TPSA) is 106 Å². The number of ether oxygens (including phenoxy) is 2. The minimum Gasteiger partial charge on any atom is -0.493 e. The number of anilines is 2. The van der Waals surface area contributed by atoms with Crippen LogP contribution < -0.4 is 20.3 Å². The summed E-state index contributed by atoms with van der Waals surface area (Å²) in [6, 6.07) is 9.32. The van der Waals surface area contributed by atoms with Gasteiger partial charge in [0.2, 0.25) is 11.6 Å². The number of nitrogens with zero attached hydrogens (tertiary/aromatic N) is 3. The van der Waals surface area contributed by atoms with Crippen molar-refractivity contribution < 1.29 is 32.2 Å². The Hall–Kier alpha value is -3.71. The fourth-order valence-electron chi connectivity index (χ4n) is 4.77. The minimum absolute atomic E-state index is 0.0306. The number of rotatable bonds is 7. The number of nitrogens with one attached hydrogen (secondary N) is 2. The number of amides is 2. The minimum atomic E-state index is -3.27. The van der Waals surface area contributed by atoms with Crippen molar-refractivity contribution in [2.24, 2.45) is 0 Å². The highest BCUT2D eigenvalue weighted by Crippen LogP contribution is 2.44. The molecule has 2 aliphatic heterocycles. The quantitative estimate of drug-likeness (QED) is 0.430. The van der Waals surface area contributed by atoms with E-state index in [1.54, 1.807) is 5.38 Å². The highest BCUT2D eigenvalue weighted by atomic mass is 32.1. The van der Waals surface area contributed by atoms with E-state index in [9.17, 15) is 22.8 Å². The Labute approximate surface area is 232 Å². The average Bonchev–Trinajstić information content (AvgIpc) is 3.39.